The maximum Gasteiger partial charge on any atom is 0.407 e. The Labute approximate surface area is 203 Å². The van der Waals surface area contributed by atoms with Crippen LogP contribution in [0.15, 0.2) is 48.5 Å². The van der Waals surface area contributed by atoms with Gasteiger partial charge < -0.3 is 20.5 Å². The van der Waals surface area contributed by atoms with Crippen LogP contribution in [-0.4, -0.2) is 53.8 Å². The molecule has 3 N–H and O–H groups in total. The zero-order chi connectivity index (χ0) is 24.1. The Kier molecular flexibility index (Phi) is 7.77. The maximum atomic E-state index is 12.8. The number of hydrogen-bond acceptors (Lipinski definition) is 5. The van der Waals surface area contributed by atoms with E-state index in [1.165, 1.54) is 11.8 Å². The highest BCUT2D eigenvalue weighted by molar-refractivity contribution is 7.98. The second kappa shape index (κ2) is 11.0. The lowest BCUT2D eigenvalue weighted by Gasteiger charge is -2.23. The van der Waals surface area contributed by atoms with Crippen molar-refractivity contribution in [3.05, 3.63) is 59.7 Å². The van der Waals surface area contributed by atoms with E-state index in [1.807, 2.05) is 30.5 Å². The molecule has 0 spiro atoms. The van der Waals surface area contributed by atoms with E-state index in [1.54, 1.807) is 0 Å². The summed E-state index contributed by atoms with van der Waals surface area (Å²) in [6.45, 7) is 0.208. The van der Waals surface area contributed by atoms with Gasteiger partial charge in [-0.2, -0.15) is 11.8 Å². The van der Waals surface area contributed by atoms with Gasteiger partial charge in [-0.1, -0.05) is 55.0 Å². The molecule has 2 aromatic rings. The van der Waals surface area contributed by atoms with Gasteiger partial charge in [-0.05, 0) is 53.5 Å². The smallest absolute Gasteiger partial charge is 0.407 e. The van der Waals surface area contributed by atoms with Gasteiger partial charge in [0.2, 0.25) is 5.91 Å². The summed E-state index contributed by atoms with van der Waals surface area (Å²) in [6.07, 6.45) is 3.75. The number of aliphatic carboxylic acids is 1. The first-order valence-corrected chi connectivity index (χ1v) is 13.0. The summed E-state index contributed by atoms with van der Waals surface area (Å²) in [4.78, 5) is 36.9. The number of fused-ring (bicyclic) bond motifs is 3. The number of rotatable bonds is 9. The average molecular weight is 483 g/mol. The molecule has 0 unspecified atom stereocenters. The molecule has 3 atom stereocenters. The van der Waals surface area contributed by atoms with Crippen LogP contribution in [0.3, 0.4) is 0 Å². The fraction of sp³-hybridized carbons (Fsp3) is 0.423. The lowest BCUT2D eigenvalue weighted by Crippen LogP contribution is -2.49. The van der Waals surface area contributed by atoms with E-state index in [-0.39, 0.29) is 24.5 Å². The molecular formula is C26H30N2O5S. The topological polar surface area (TPSA) is 105 Å². The third kappa shape index (κ3) is 5.22. The molecule has 0 saturated heterocycles. The zero-order valence-corrected chi connectivity index (χ0v) is 20.0. The Morgan fingerprint density at radius 2 is 1.71 bits per heavy atom. The predicted octanol–water partition coefficient (Wildman–Crippen LogP) is 4.02. The number of nitrogens with one attached hydrogen (secondary N) is 2. The number of thioether (sulfide) groups is 1. The van der Waals surface area contributed by atoms with Crippen LogP contribution in [0.4, 0.5) is 4.79 Å². The molecule has 0 radical (unpaired) electrons. The summed E-state index contributed by atoms with van der Waals surface area (Å²) in [6, 6.07) is 15.0. The molecule has 0 aliphatic heterocycles. The highest BCUT2D eigenvalue weighted by atomic mass is 32.2. The largest absolute Gasteiger partial charge is 0.480 e. The first-order chi connectivity index (χ1) is 16.5. The van der Waals surface area contributed by atoms with E-state index in [2.05, 4.69) is 34.9 Å². The van der Waals surface area contributed by atoms with E-state index in [9.17, 15) is 19.5 Å². The fourth-order valence-corrected chi connectivity index (χ4v) is 5.48. The van der Waals surface area contributed by atoms with Gasteiger partial charge in [-0.3, -0.25) is 4.79 Å². The average Bonchev–Trinajstić information content (AvgIpc) is 3.42. The Hall–Kier alpha value is -3.00. The molecule has 34 heavy (non-hydrogen) atoms. The van der Waals surface area contributed by atoms with Crippen molar-refractivity contribution in [2.45, 2.75) is 43.7 Å². The number of benzene rings is 2. The van der Waals surface area contributed by atoms with Gasteiger partial charge >= 0.3 is 12.1 Å². The molecule has 0 heterocycles. The molecule has 1 fully saturated rings. The Balaban J connectivity index is 1.35. The SMILES string of the molecule is CSCC[C@@H](NC(=O)[C@@H]1CCC[C@@H]1NC(=O)OCC1c2ccccc2-c2ccccc21)C(=O)O. The first-order valence-electron chi connectivity index (χ1n) is 11.6. The number of carboxylic acids is 1. The van der Waals surface area contributed by atoms with Crippen LogP contribution in [0.5, 0.6) is 0 Å². The van der Waals surface area contributed by atoms with Crippen molar-refractivity contribution in [1.29, 1.82) is 0 Å². The zero-order valence-electron chi connectivity index (χ0n) is 19.2. The number of carbonyl (C=O) groups excluding carboxylic acids is 2. The Morgan fingerprint density at radius 3 is 2.32 bits per heavy atom. The fourth-order valence-electron chi connectivity index (χ4n) is 5.01. The van der Waals surface area contributed by atoms with Gasteiger partial charge in [0.05, 0.1) is 5.92 Å². The number of ether oxygens (including phenoxy) is 1. The first kappa shape index (κ1) is 24.1. The van der Waals surface area contributed by atoms with Crippen molar-refractivity contribution in [2.24, 2.45) is 5.92 Å². The molecule has 8 heteroatoms. The summed E-state index contributed by atoms with van der Waals surface area (Å²) < 4.78 is 5.62. The third-order valence-corrected chi connectivity index (χ3v) is 7.37. The highest BCUT2D eigenvalue weighted by Crippen LogP contribution is 2.44. The van der Waals surface area contributed by atoms with Gasteiger partial charge in [-0.15, -0.1) is 0 Å². The molecule has 4 rings (SSSR count). The van der Waals surface area contributed by atoms with Crippen molar-refractivity contribution in [3.63, 3.8) is 0 Å². The van der Waals surface area contributed by atoms with E-state index in [0.717, 1.165) is 28.7 Å². The summed E-state index contributed by atoms with van der Waals surface area (Å²) in [5.74, 6) is -1.22. The monoisotopic (exact) mass is 482 g/mol. The number of carbonyl (C=O) groups is 3. The van der Waals surface area contributed by atoms with Crippen molar-refractivity contribution >= 4 is 29.7 Å². The maximum absolute atomic E-state index is 12.8. The molecule has 2 amide bonds. The Morgan fingerprint density at radius 1 is 1.06 bits per heavy atom. The summed E-state index contributed by atoms with van der Waals surface area (Å²) >= 11 is 1.53. The molecule has 2 aliphatic carbocycles. The van der Waals surface area contributed by atoms with E-state index >= 15 is 0 Å². The van der Waals surface area contributed by atoms with E-state index < -0.39 is 24.0 Å². The minimum absolute atomic E-state index is 0.0337. The van der Waals surface area contributed by atoms with Crippen molar-refractivity contribution in [3.8, 4) is 11.1 Å². The Bertz CT molecular complexity index is 1010. The van der Waals surface area contributed by atoms with Crippen LogP contribution in [0, 0.1) is 5.92 Å². The van der Waals surface area contributed by atoms with Crippen LogP contribution in [0.25, 0.3) is 11.1 Å². The number of amides is 2. The van der Waals surface area contributed by atoms with Crippen molar-refractivity contribution < 1.29 is 24.2 Å². The summed E-state index contributed by atoms with van der Waals surface area (Å²) in [5.41, 5.74) is 4.60. The minimum Gasteiger partial charge on any atom is -0.480 e. The summed E-state index contributed by atoms with van der Waals surface area (Å²) in [7, 11) is 0. The molecule has 180 valence electrons. The standard InChI is InChI=1S/C26H30N2O5S/c1-34-14-13-23(25(30)31)27-24(29)20-11-6-12-22(20)28-26(32)33-15-21-18-9-4-2-7-16(18)17-8-3-5-10-19(17)21/h2-5,7-10,20-23H,6,11-15H2,1H3,(H,27,29)(H,28,32)(H,30,31)/t20-,22+,23-/m1/s1. The van der Waals surface area contributed by atoms with Crippen molar-refractivity contribution in [2.75, 3.05) is 18.6 Å². The van der Waals surface area contributed by atoms with Gasteiger partial charge in [0.25, 0.3) is 0 Å². The number of hydrogen-bond donors (Lipinski definition) is 3. The van der Waals surface area contributed by atoms with E-state index in [0.29, 0.717) is 25.0 Å². The van der Waals surface area contributed by atoms with Crippen LogP contribution < -0.4 is 10.6 Å². The number of alkyl carbamates (subject to hydrolysis) is 1. The minimum atomic E-state index is -1.04. The predicted molar refractivity (Wildman–Crippen MR) is 132 cm³/mol. The third-order valence-electron chi connectivity index (χ3n) is 6.72. The van der Waals surface area contributed by atoms with Gasteiger partial charge in [-0.25, -0.2) is 9.59 Å². The van der Waals surface area contributed by atoms with Gasteiger partial charge in [0.15, 0.2) is 0 Å². The second-order valence-corrected chi connectivity index (χ2v) is 9.78. The number of carboxylic acid groups (broad SMARTS) is 1. The second-order valence-electron chi connectivity index (χ2n) is 8.79. The molecule has 7 nitrogen and oxygen atoms in total. The molecule has 1 saturated carbocycles. The van der Waals surface area contributed by atoms with Crippen LogP contribution >= 0.6 is 11.8 Å². The van der Waals surface area contributed by atoms with Crippen LogP contribution in [-0.2, 0) is 14.3 Å². The lowest BCUT2D eigenvalue weighted by molar-refractivity contribution is -0.142. The quantitative estimate of drug-likeness (QED) is 0.499. The molecule has 2 aliphatic rings. The van der Waals surface area contributed by atoms with Gasteiger partial charge in [0, 0.05) is 12.0 Å². The van der Waals surface area contributed by atoms with Crippen LogP contribution in [0.2, 0.25) is 0 Å². The molecule has 0 bridgehead atoms. The van der Waals surface area contributed by atoms with Crippen molar-refractivity contribution in [1.82, 2.24) is 10.6 Å². The van der Waals surface area contributed by atoms with E-state index in [4.69, 9.17) is 4.74 Å². The molecular weight excluding hydrogens is 452 g/mol. The molecule has 0 aromatic heterocycles. The lowest BCUT2D eigenvalue weighted by atomic mass is 9.98. The normalized spacial score (nSPS) is 19.7. The summed E-state index contributed by atoms with van der Waals surface area (Å²) in [5, 5.41) is 14.9. The van der Waals surface area contributed by atoms with Crippen LogP contribution in [0.1, 0.15) is 42.7 Å². The van der Waals surface area contributed by atoms with Gasteiger partial charge in [0.1, 0.15) is 12.6 Å². The molecule has 2 aromatic carbocycles. The highest BCUT2D eigenvalue weighted by Gasteiger charge is 2.36.